The van der Waals surface area contributed by atoms with Crippen molar-refractivity contribution >= 4 is 17.6 Å². The molecule has 0 bridgehead atoms. The number of carbonyl (C=O) groups excluding carboxylic acids is 2. The van der Waals surface area contributed by atoms with Gasteiger partial charge in [0.05, 0.1) is 24.4 Å². The van der Waals surface area contributed by atoms with Gasteiger partial charge in [0, 0.05) is 30.9 Å². The molecule has 2 aromatic carbocycles. The van der Waals surface area contributed by atoms with E-state index in [0.717, 1.165) is 34.9 Å². The van der Waals surface area contributed by atoms with Crippen molar-refractivity contribution in [3.63, 3.8) is 0 Å². The lowest BCUT2D eigenvalue weighted by Gasteiger charge is -2.58. The number of aromatic nitrogens is 1. The smallest absolute Gasteiger partial charge is 0.322 e. The van der Waals surface area contributed by atoms with Crippen LogP contribution in [-0.2, 0) is 4.79 Å². The lowest BCUT2D eigenvalue weighted by Crippen LogP contribution is -2.73. The second-order valence-electron chi connectivity index (χ2n) is 8.44. The van der Waals surface area contributed by atoms with Crippen LogP contribution in [0.4, 0.5) is 19.3 Å². The minimum Gasteiger partial charge on any atom is -0.394 e. The Morgan fingerprint density at radius 3 is 2.62 bits per heavy atom. The van der Waals surface area contributed by atoms with Crippen molar-refractivity contribution in [3.8, 4) is 11.1 Å². The number of fused-ring (bicyclic) bond motifs is 1. The molecule has 0 saturated carbocycles. The summed E-state index contributed by atoms with van der Waals surface area (Å²) in [6, 6.07) is 13.0. The van der Waals surface area contributed by atoms with E-state index >= 15 is 0 Å². The van der Waals surface area contributed by atoms with E-state index in [1.807, 2.05) is 36.4 Å². The molecule has 2 aliphatic heterocycles. The number of pyridine rings is 1. The van der Waals surface area contributed by atoms with Gasteiger partial charge in [0.15, 0.2) is 0 Å². The normalized spacial score (nSPS) is 21.6. The van der Waals surface area contributed by atoms with Gasteiger partial charge in [0.1, 0.15) is 18.2 Å². The number of nitrogens with zero attached hydrogens (tertiary/aromatic N) is 3. The van der Waals surface area contributed by atoms with Crippen LogP contribution in [0.15, 0.2) is 67.0 Å². The zero-order valence-corrected chi connectivity index (χ0v) is 18.1. The summed E-state index contributed by atoms with van der Waals surface area (Å²) in [7, 11) is 0. The number of piperazine rings is 1. The van der Waals surface area contributed by atoms with E-state index in [1.165, 1.54) is 4.90 Å². The number of hydrogen-bond acceptors (Lipinski definition) is 4. The molecule has 0 unspecified atom stereocenters. The number of hydrogen-bond donors (Lipinski definition) is 2. The highest BCUT2D eigenvalue weighted by atomic mass is 19.1. The van der Waals surface area contributed by atoms with Crippen molar-refractivity contribution in [3.05, 3.63) is 84.2 Å². The lowest BCUT2D eigenvalue weighted by molar-refractivity contribution is -0.159. The molecule has 0 spiro atoms. The second kappa shape index (κ2) is 8.83. The van der Waals surface area contributed by atoms with Crippen LogP contribution in [0.25, 0.3) is 11.1 Å². The van der Waals surface area contributed by atoms with Crippen molar-refractivity contribution in [2.45, 2.75) is 18.0 Å². The fraction of sp³-hybridized carbons (Fsp3) is 0.240. The Morgan fingerprint density at radius 1 is 1.12 bits per heavy atom. The number of carbonyl (C=O) groups is 2. The van der Waals surface area contributed by atoms with E-state index in [4.69, 9.17) is 0 Å². The first-order valence-corrected chi connectivity index (χ1v) is 10.9. The molecule has 2 fully saturated rings. The first-order valence-electron chi connectivity index (χ1n) is 10.9. The van der Waals surface area contributed by atoms with Gasteiger partial charge in [-0.25, -0.2) is 13.6 Å². The summed E-state index contributed by atoms with van der Waals surface area (Å²) in [5, 5.41) is 12.3. The van der Waals surface area contributed by atoms with E-state index in [1.54, 1.807) is 17.3 Å². The molecule has 3 aromatic rings. The number of benzene rings is 2. The number of nitrogens with one attached hydrogen (secondary N) is 1. The molecule has 34 heavy (non-hydrogen) atoms. The SMILES string of the molecule is O=C(Nc1cc(F)ccc1F)N1CC(=O)N2[C@H](CO)[C@@H](c3ccc(-c4cccnc4)cc3)[C@@H]2C1. The van der Waals surface area contributed by atoms with Crippen molar-refractivity contribution in [2.75, 3.05) is 25.0 Å². The van der Waals surface area contributed by atoms with Gasteiger partial charge < -0.3 is 20.2 Å². The molecule has 2 N–H and O–H groups in total. The van der Waals surface area contributed by atoms with Crippen molar-refractivity contribution in [1.29, 1.82) is 0 Å². The fourth-order valence-corrected chi connectivity index (χ4v) is 4.87. The third-order valence-corrected chi connectivity index (χ3v) is 6.50. The van der Waals surface area contributed by atoms with E-state index < -0.39 is 17.7 Å². The molecule has 0 radical (unpaired) electrons. The number of urea groups is 1. The van der Waals surface area contributed by atoms with Gasteiger partial charge in [-0.05, 0) is 34.9 Å². The minimum atomic E-state index is -0.768. The summed E-state index contributed by atoms with van der Waals surface area (Å²) in [6.45, 7) is -0.194. The fourth-order valence-electron chi connectivity index (χ4n) is 4.87. The number of halogens is 2. The molecule has 0 aliphatic carbocycles. The molecule has 7 nitrogen and oxygen atoms in total. The molecule has 2 saturated heterocycles. The lowest BCUT2D eigenvalue weighted by atomic mass is 9.73. The van der Waals surface area contributed by atoms with Gasteiger partial charge in [-0.15, -0.1) is 0 Å². The Hall–Kier alpha value is -3.85. The summed E-state index contributed by atoms with van der Waals surface area (Å²) in [6.07, 6.45) is 3.48. The van der Waals surface area contributed by atoms with Crippen molar-refractivity contribution in [1.82, 2.24) is 14.8 Å². The Bertz CT molecular complexity index is 1220. The third kappa shape index (κ3) is 3.88. The predicted octanol–water partition coefficient (Wildman–Crippen LogP) is 3.23. The van der Waals surface area contributed by atoms with Crippen LogP contribution in [0.3, 0.4) is 0 Å². The van der Waals surface area contributed by atoms with E-state index in [0.29, 0.717) is 0 Å². The largest absolute Gasteiger partial charge is 0.394 e. The predicted molar refractivity (Wildman–Crippen MR) is 121 cm³/mol. The zero-order valence-electron chi connectivity index (χ0n) is 18.1. The average molecular weight is 464 g/mol. The molecular weight excluding hydrogens is 442 g/mol. The first kappa shape index (κ1) is 22.0. The third-order valence-electron chi connectivity index (χ3n) is 6.50. The maximum Gasteiger partial charge on any atom is 0.322 e. The summed E-state index contributed by atoms with van der Waals surface area (Å²) in [5.74, 6) is -1.92. The van der Waals surface area contributed by atoms with Crippen LogP contribution in [-0.4, -0.2) is 63.6 Å². The highest BCUT2D eigenvalue weighted by Gasteiger charge is 2.54. The Morgan fingerprint density at radius 2 is 1.91 bits per heavy atom. The van der Waals surface area contributed by atoms with Crippen molar-refractivity contribution < 1.29 is 23.5 Å². The van der Waals surface area contributed by atoms with Gasteiger partial charge in [0.2, 0.25) is 5.91 Å². The highest BCUT2D eigenvalue weighted by molar-refractivity contribution is 5.94. The summed E-state index contributed by atoms with van der Waals surface area (Å²) in [5.41, 5.74) is 2.62. The molecule has 3 atom stereocenters. The maximum absolute atomic E-state index is 14.0. The standard InChI is InChI=1S/C25H22F2N4O3/c26-18-7-8-19(27)20(10-18)29-25(34)30-12-21-24(22(14-32)31(21)23(33)13-30)16-5-3-15(4-6-16)17-2-1-9-28-11-17/h1-11,21-22,24,32H,12-14H2,(H,29,34)/t21-,22+,24-/m0/s1. The summed E-state index contributed by atoms with van der Waals surface area (Å²) < 4.78 is 27.4. The van der Waals surface area contributed by atoms with Gasteiger partial charge in [-0.1, -0.05) is 30.3 Å². The van der Waals surface area contributed by atoms with E-state index in [-0.39, 0.29) is 49.3 Å². The maximum atomic E-state index is 14.0. The van der Waals surface area contributed by atoms with Gasteiger partial charge in [-0.3, -0.25) is 9.78 Å². The van der Waals surface area contributed by atoms with Crippen molar-refractivity contribution in [2.24, 2.45) is 0 Å². The molecule has 9 heteroatoms. The first-order chi connectivity index (χ1) is 16.5. The Kier molecular flexibility index (Phi) is 5.70. The Labute approximate surface area is 194 Å². The molecular formula is C25H22F2N4O3. The van der Waals surface area contributed by atoms with Gasteiger partial charge >= 0.3 is 6.03 Å². The highest BCUT2D eigenvalue weighted by Crippen LogP contribution is 2.43. The Balaban J connectivity index is 1.35. The van der Waals surface area contributed by atoms with Crippen LogP contribution < -0.4 is 5.32 Å². The molecule has 174 valence electrons. The molecule has 5 rings (SSSR count). The van der Waals surface area contributed by atoms with Crippen LogP contribution in [0.5, 0.6) is 0 Å². The number of aliphatic hydroxyl groups excluding tert-OH is 1. The summed E-state index contributed by atoms with van der Waals surface area (Å²) in [4.78, 5) is 32.6. The van der Waals surface area contributed by atoms with Gasteiger partial charge in [0.25, 0.3) is 0 Å². The second-order valence-corrected chi connectivity index (χ2v) is 8.44. The number of amides is 3. The van der Waals surface area contributed by atoms with E-state index in [9.17, 15) is 23.5 Å². The van der Waals surface area contributed by atoms with Crippen LogP contribution in [0, 0.1) is 11.6 Å². The van der Waals surface area contributed by atoms with Crippen LogP contribution in [0.2, 0.25) is 0 Å². The molecule has 3 heterocycles. The monoisotopic (exact) mass is 464 g/mol. The number of anilines is 1. The van der Waals surface area contributed by atoms with Crippen LogP contribution >= 0.6 is 0 Å². The number of rotatable bonds is 4. The van der Waals surface area contributed by atoms with Crippen LogP contribution in [0.1, 0.15) is 11.5 Å². The van der Waals surface area contributed by atoms with E-state index in [2.05, 4.69) is 10.3 Å². The number of aliphatic hydroxyl groups is 1. The van der Waals surface area contributed by atoms with Gasteiger partial charge in [-0.2, -0.15) is 0 Å². The zero-order chi connectivity index (χ0) is 23.8. The molecule has 1 aromatic heterocycles. The minimum absolute atomic E-state index is 0.168. The quantitative estimate of drug-likeness (QED) is 0.621. The topological polar surface area (TPSA) is 85.8 Å². The average Bonchev–Trinajstić information content (AvgIpc) is 2.83. The molecule has 3 amide bonds. The summed E-state index contributed by atoms with van der Waals surface area (Å²) >= 11 is 0. The molecule has 2 aliphatic rings.